The third-order valence-corrected chi connectivity index (χ3v) is 4.40. The van der Waals surface area contributed by atoms with Gasteiger partial charge in [0.2, 0.25) is 0 Å². The van der Waals surface area contributed by atoms with Gasteiger partial charge in [-0.05, 0) is 36.8 Å². The molecule has 0 aliphatic carbocycles. The number of aldehydes is 1. The molecule has 0 bridgehead atoms. The zero-order chi connectivity index (χ0) is 16.2. The molecule has 0 heterocycles. The lowest BCUT2D eigenvalue weighted by Crippen LogP contribution is -2.13. The Kier molecular flexibility index (Phi) is 4.95. The Hall–Kier alpha value is -2.18. The van der Waals surface area contributed by atoms with Crippen molar-refractivity contribution < 1.29 is 22.1 Å². The van der Waals surface area contributed by atoms with Crippen molar-refractivity contribution in [3.8, 4) is 5.75 Å². The third-order valence-electron chi connectivity index (χ3n) is 3.09. The van der Waals surface area contributed by atoms with Crippen LogP contribution in [0, 0.1) is 6.92 Å². The fourth-order valence-electron chi connectivity index (χ4n) is 1.87. The van der Waals surface area contributed by atoms with Gasteiger partial charge in [-0.1, -0.05) is 29.8 Å². The second-order valence-corrected chi connectivity index (χ2v) is 6.27. The van der Waals surface area contributed by atoms with Crippen LogP contribution < -0.4 is 4.74 Å². The van der Waals surface area contributed by atoms with Crippen molar-refractivity contribution in [3.05, 3.63) is 59.7 Å². The summed E-state index contributed by atoms with van der Waals surface area (Å²) in [5.74, 6) is 0.515. The molecule has 0 spiro atoms. The first-order chi connectivity index (χ1) is 10.5. The van der Waals surface area contributed by atoms with Crippen LogP contribution in [0.25, 0.3) is 0 Å². The number of carbonyl (C=O) groups excluding carboxylic acids is 1. The van der Waals surface area contributed by atoms with Gasteiger partial charge in [0, 0.05) is 0 Å². The van der Waals surface area contributed by atoms with E-state index in [1.54, 1.807) is 36.4 Å². The molecule has 0 aromatic heterocycles. The standard InChI is InChI=1S/C16H16O5S/c1-12-6-8-15(9-7-12)22(18,19)21-16(11-17)13-4-3-5-14(10-13)20-2/h3-11,16H,1-2H3. The minimum atomic E-state index is -4.03. The van der Waals surface area contributed by atoms with Crippen LogP contribution >= 0.6 is 0 Å². The molecule has 2 rings (SSSR count). The summed E-state index contributed by atoms with van der Waals surface area (Å²) in [5, 5.41) is 0. The quantitative estimate of drug-likeness (QED) is 0.604. The Labute approximate surface area is 129 Å². The van der Waals surface area contributed by atoms with E-state index in [2.05, 4.69) is 0 Å². The molecule has 0 amide bonds. The summed E-state index contributed by atoms with van der Waals surface area (Å²) >= 11 is 0. The predicted molar refractivity (Wildman–Crippen MR) is 81.2 cm³/mol. The molecule has 0 radical (unpaired) electrons. The number of benzene rings is 2. The van der Waals surface area contributed by atoms with Gasteiger partial charge in [0.05, 0.1) is 12.0 Å². The average molecular weight is 320 g/mol. The van der Waals surface area contributed by atoms with E-state index in [1.807, 2.05) is 6.92 Å². The second-order valence-electron chi connectivity index (χ2n) is 4.70. The van der Waals surface area contributed by atoms with E-state index in [9.17, 15) is 13.2 Å². The molecule has 116 valence electrons. The van der Waals surface area contributed by atoms with Crippen LogP contribution in [-0.4, -0.2) is 21.8 Å². The molecule has 0 aliphatic heterocycles. The summed E-state index contributed by atoms with van der Waals surface area (Å²) in [6, 6.07) is 12.7. The molecule has 2 aromatic rings. The van der Waals surface area contributed by atoms with Crippen molar-refractivity contribution in [2.75, 3.05) is 7.11 Å². The van der Waals surface area contributed by atoms with Crippen molar-refractivity contribution in [1.29, 1.82) is 0 Å². The molecule has 5 nitrogen and oxygen atoms in total. The molecule has 0 N–H and O–H groups in total. The van der Waals surface area contributed by atoms with Crippen LogP contribution in [0.2, 0.25) is 0 Å². The summed E-state index contributed by atoms with van der Waals surface area (Å²) in [7, 11) is -2.54. The van der Waals surface area contributed by atoms with Gasteiger partial charge in [-0.2, -0.15) is 8.42 Å². The van der Waals surface area contributed by atoms with Crippen molar-refractivity contribution in [3.63, 3.8) is 0 Å². The number of ether oxygens (including phenoxy) is 1. The van der Waals surface area contributed by atoms with E-state index in [0.29, 0.717) is 17.6 Å². The van der Waals surface area contributed by atoms with E-state index >= 15 is 0 Å². The van der Waals surface area contributed by atoms with Gasteiger partial charge < -0.3 is 9.53 Å². The Bertz CT molecular complexity index is 750. The largest absolute Gasteiger partial charge is 0.497 e. The monoisotopic (exact) mass is 320 g/mol. The normalized spacial score (nSPS) is 12.6. The van der Waals surface area contributed by atoms with Crippen molar-refractivity contribution in [1.82, 2.24) is 0 Å². The molecular formula is C16H16O5S. The topological polar surface area (TPSA) is 69.7 Å². The number of carbonyl (C=O) groups is 1. The lowest BCUT2D eigenvalue weighted by atomic mass is 10.1. The minimum absolute atomic E-state index is 0.00726. The Balaban J connectivity index is 2.29. The lowest BCUT2D eigenvalue weighted by Gasteiger charge is -2.13. The summed E-state index contributed by atoms with van der Waals surface area (Å²) in [4.78, 5) is 11.2. The van der Waals surface area contributed by atoms with Gasteiger partial charge in [0.1, 0.15) is 5.75 Å². The maximum atomic E-state index is 12.2. The Morgan fingerprint density at radius 1 is 1.09 bits per heavy atom. The summed E-state index contributed by atoms with van der Waals surface area (Å²) < 4.78 is 34.6. The summed E-state index contributed by atoms with van der Waals surface area (Å²) in [6.07, 6.45) is -0.776. The molecule has 0 saturated carbocycles. The lowest BCUT2D eigenvalue weighted by molar-refractivity contribution is -0.113. The highest BCUT2D eigenvalue weighted by atomic mass is 32.2. The number of rotatable bonds is 6. The molecule has 0 fully saturated rings. The van der Waals surface area contributed by atoms with Crippen LogP contribution in [0.5, 0.6) is 5.75 Å². The molecule has 2 aromatic carbocycles. The average Bonchev–Trinajstić information content (AvgIpc) is 2.53. The first-order valence-electron chi connectivity index (χ1n) is 6.55. The van der Waals surface area contributed by atoms with Crippen molar-refractivity contribution in [2.24, 2.45) is 0 Å². The molecule has 1 atom stereocenters. The van der Waals surface area contributed by atoms with Crippen LogP contribution in [-0.2, 0) is 19.1 Å². The Morgan fingerprint density at radius 2 is 1.77 bits per heavy atom. The van der Waals surface area contributed by atoms with Gasteiger partial charge in [0.15, 0.2) is 12.4 Å². The number of methoxy groups -OCH3 is 1. The van der Waals surface area contributed by atoms with E-state index in [0.717, 1.165) is 5.56 Å². The van der Waals surface area contributed by atoms with Crippen LogP contribution in [0.3, 0.4) is 0 Å². The zero-order valence-electron chi connectivity index (χ0n) is 12.2. The summed E-state index contributed by atoms with van der Waals surface area (Å²) in [6.45, 7) is 1.85. The minimum Gasteiger partial charge on any atom is -0.497 e. The SMILES string of the molecule is COc1cccc(C(C=O)OS(=O)(=O)c2ccc(C)cc2)c1. The number of hydrogen-bond acceptors (Lipinski definition) is 5. The second kappa shape index (κ2) is 6.72. The van der Waals surface area contributed by atoms with Gasteiger partial charge in [0.25, 0.3) is 10.1 Å². The van der Waals surface area contributed by atoms with Gasteiger partial charge >= 0.3 is 0 Å². The fraction of sp³-hybridized carbons (Fsp3) is 0.188. The number of aryl methyl sites for hydroxylation is 1. The molecular weight excluding hydrogens is 304 g/mol. The highest BCUT2D eigenvalue weighted by Crippen LogP contribution is 2.25. The molecule has 0 saturated heterocycles. The summed E-state index contributed by atoms with van der Waals surface area (Å²) in [5.41, 5.74) is 1.34. The van der Waals surface area contributed by atoms with Crippen LogP contribution in [0.1, 0.15) is 17.2 Å². The smallest absolute Gasteiger partial charge is 0.297 e. The van der Waals surface area contributed by atoms with Crippen LogP contribution in [0.4, 0.5) is 0 Å². The molecule has 0 aliphatic rings. The first-order valence-corrected chi connectivity index (χ1v) is 7.96. The highest BCUT2D eigenvalue weighted by molar-refractivity contribution is 7.86. The third kappa shape index (κ3) is 3.72. The number of hydrogen-bond donors (Lipinski definition) is 0. The maximum Gasteiger partial charge on any atom is 0.297 e. The van der Waals surface area contributed by atoms with Gasteiger partial charge in [-0.3, -0.25) is 4.18 Å². The highest BCUT2D eigenvalue weighted by Gasteiger charge is 2.23. The fourth-order valence-corrected chi connectivity index (χ4v) is 2.88. The Morgan fingerprint density at radius 3 is 2.36 bits per heavy atom. The van der Waals surface area contributed by atoms with E-state index in [4.69, 9.17) is 8.92 Å². The van der Waals surface area contributed by atoms with Gasteiger partial charge in [-0.25, -0.2) is 0 Å². The van der Waals surface area contributed by atoms with Crippen LogP contribution in [0.15, 0.2) is 53.4 Å². The zero-order valence-corrected chi connectivity index (χ0v) is 13.0. The van der Waals surface area contributed by atoms with E-state index < -0.39 is 16.2 Å². The van der Waals surface area contributed by atoms with Gasteiger partial charge in [-0.15, -0.1) is 0 Å². The molecule has 22 heavy (non-hydrogen) atoms. The van der Waals surface area contributed by atoms with E-state index in [-0.39, 0.29) is 4.90 Å². The molecule has 6 heteroatoms. The van der Waals surface area contributed by atoms with E-state index in [1.165, 1.54) is 19.2 Å². The molecule has 1 unspecified atom stereocenters. The van der Waals surface area contributed by atoms with Crippen molar-refractivity contribution in [2.45, 2.75) is 17.9 Å². The van der Waals surface area contributed by atoms with Crippen molar-refractivity contribution >= 4 is 16.4 Å². The first kappa shape index (κ1) is 16.2. The predicted octanol–water partition coefficient (Wildman–Crippen LogP) is 2.65. The maximum absolute atomic E-state index is 12.2.